The van der Waals surface area contributed by atoms with E-state index in [9.17, 15) is 13.6 Å². The van der Waals surface area contributed by atoms with Gasteiger partial charge in [-0.05, 0) is 43.2 Å². The zero-order valence-electron chi connectivity index (χ0n) is 12.5. The Morgan fingerprint density at radius 2 is 1.74 bits per heavy atom. The zero-order chi connectivity index (χ0) is 16.0. The van der Waals surface area contributed by atoms with Crippen molar-refractivity contribution in [1.29, 1.82) is 0 Å². The molecule has 2 aliphatic rings. The summed E-state index contributed by atoms with van der Waals surface area (Å²) in [5, 5.41) is 0. The normalized spacial score (nSPS) is 24.3. The number of carbonyl (C=O) groups excluding carboxylic acids is 1. The smallest absolute Gasteiger partial charge is 0.246 e. The Labute approximate surface area is 133 Å². The average Bonchev–Trinajstić information content (AvgIpc) is 3.12. The first kappa shape index (κ1) is 14.3. The summed E-state index contributed by atoms with van der Waals surface area (Å²) in [6, 6.07) is 12.1. The van der Waals surface area contributed by atoms with Crippen molar-refractivity contribution in [2.45, 2.75) is 25.0 Å². The highest BCUT2D eigenvalue weighted by atomic mass is 19.1. The second-order valence-electron chi connectivity index (χ2n) is 5.98. The minimum Gasteiger partial charge on any atom is -0.290 e. The van der Waals surface area contributed by atoms with Crippen LogP contribution < -0.4 is 4.90 Å². The molecular weight excluding hydrogens is 298 g/mol. The number of nitrogens with zero attached hydrogens (tertiary/aromatic N) is 2. The summed E-state index contributed by atoms with van der Waals surface area (Å²) < 4.78 is 27.6. The third-order valence-electron chi connectivity index (χ3n) is 4.66. The summed E-state index contributed by atoms with van der Waals surface area (Å²) in [4.78, 5) is 16.5. The fourth-order valence-electron chi connectivity index (χ4n) is 3.65. The SMILES string of the molecule is O=C1[C@@H]2CCCN2[C@@H](c2ccccc2F)N1c1ccc(F)cc1. The Kier molecular flexibility index (Phi) is 3.38. The van der Waals surface area contributed by atoms with Crippen LogP contribution in [0.2, 0.25) is 0 Å². The molecule has 118 valence electrons. The number of amides is 1. The lowest BCUT2D eigenvalue weighted by molar-refractivity contribution is -0.119. The van der Waals surface area contributed by atoms with Gasteiger partial charge in [-0.25, -0.2) is 8.78 Å². The fourth-order valence-corrected chi connectivity index (χ4v) is 3.65. The molecule has 4 rings (SSSR count). The van der Waals surface area contributed by atoms with Gasteiger partial charge in [0.1, 0.15) is 17.8 Å². The number of hydrogen-bond donors (Lipinski definition) is 0. The Hall–Kier alpha value is -2.27. The average molecular weight is 314 g/mol. The third-order valence-corrected chi connectivity index (χ3v) is 4.66. The van der Waals surface area contributed by atoms with E-state index in [1.54, 1.807) is 35.2 Å². The maximum atomic E-state index is 14.4. The van der Waals surface area contributed by atoms with E-state index in [4.69, 9.17) is 0 Å². The van der Waals surface area contributed by atoms with Crippen molar-refractivity contribution in [2.75, 3.05) is 11.4 Å². The highest BCUT2D eigenvalue weighted by Gasteiger charge is 2.49. The van der Waals surface area contributed by atoms with Gasteiger partial charge in [0.05, 0.1) is 6.04 Å². The van der Waals surface area contributed by atoms with E-state index >= 15 is 0 Å². The maximum Gasteiger partial charge on any atom is 0.246 e. The van der Waals surface area contributed by atoms with Crippen molar-refractivity contribution >= 4 is 11.6 Å². The molecule has 3 nitrogen and oxygen atoms in total. The Bertz CT molecular complexity index is 747. The van der Waals surface area contributed by atoms with Crippen LogP contribution in [0.4, 0.5) is 14.5 Å². The van der Waals surface area contributed by atoms with Gasteiger partial charge >= 0.3 is 0 Å². The Morgan fingerprint density at radius 3 is 2.48 bits per heavy atom. The van der Waals surface area contributed by atoms with E-state index in [2.05, 4.69) is 0 Å². The van der Waals surface area contributed by atoms with Gasteiger partial charge in [0.15, 0.2) is 0 Å². The Balaban J connectivity index is 1.83. The highest BCUT2D eigenvalue weighted by Crippen LogP contribution is 2.42. The quantitative estimate of drug-likeness (QED) is 0.847. The molecule has 0 spiro atoms. The molecule has 0 aliphatic carbocycles. The van der Waals surface area contributed by atoms with Gasteiger partial charge in [-0.1, -0.05) is 18.2 Å². The van der Waals surface area contributed by atoms with Crippen LogP contribution in [-0.4, -0.2) is 23.4 Å². The van der Waals surface area contributed by atoms with Crippen LogP contribution in [-0.2, 0) is 4.79 Å². The number of benzene rings is 2. The number of hydrogen-bond acceptors (Lipinski definition) is 2. The number of rotatable bonds is 2. The molecule has 2 aliphatic heterocycles. The zero-order valence-corrected chi connectivity index (χ0v) is 12.5. The van der Waals surface area contributed by atoms with Crippen LogP contribution in [0.25, 0.3) is 0 Å². The van der Waals surface area contributed by atoms with Gasteiger partial charge in [0, 0.05) is 17.8 Å². The van der Waals surface area contributed by atoms with Crippen molar-refractivity contribution < 1.29 is 13.6 Å². The molecule has 0 radical (unpaired) electrons. The van der Waals surface area contributed by atoms with Gasteiger partial charge in [-0.2, -0.15) is 0 Å². The summed E-state index contributed by atoms with van der Waals surface area (Å²) in [6.07, 6.45) is 1.24. The minimum atomic E-state index is -0.471. The number of fused-ring (bicyclic) bond motifs is 1. The molecule has 0 N–H and O–H groups in total. The predicted octanol–water partition coefficient (Wildman–Crippen LogP) is 3.47. The van der Waals surface area contributed by atoms with E-state index < -0.39 is 6.17 Å². The largest absolute Gasteiger partial charge is 0.290 e. The molecular formula is C18H16F2N2O. The van der Waals surface area contributed by atoms with Crippen molar-refractivity contribution in [3.8, 4) is 0 Å². The molecule has 2 atom stereocenters. The van der Waals surface area contributed by atoms with Crippen molar-refractivity contribution in [3.05, 3.63) is 65.7 Å². The van der Waals surface area contributed by atoms with Crippen LogP contribution in [0.15, 0.2) is 48.5 Å². The molecule has 2 heterocycles. The fraction of sp³-hybridized carbons (Fsp3) is 0.278. The maximum absolute atomic E-state index is 14.4. The lowest BCUT2D eigenvalue weighted by Gasteiger charge is -2.30. The van der Waals surface area contributed by atoms with E-state index in [1.807, 2.05) is 4.90 Å². The number of anilines is 1. The molecule has 0 bridgehead atoms. The van der Waals surface area contributed by atoms with Gasteiger partial charge in [0.2, 0.25) is 5.91 Å². The molecule has 0 aromatic heterocycles. The molecule has 2 fully saturated rings. The molecule has 2 aromatic rings. The standard InChI is InChI=1S/C18H16F2N2O/c19-12-7-9-13(10-8-12)22-17(14-4-1-2-5-15(14)20)21-11-3-6-16(21)18(22)23/h1-2,4-5,7-10,16-17H,3,6,11H2/t16-,17+/m0/s1. The summed E-state index contributed by atoms with van der Waals surface area (Å²) in [5.41, 5.74) is 1.08. The van der Waals surface area contributed by atoms with Crippen LogP contribution in [0.3, 0.4) is 0 Å². The van der Waals surface area contributed by atoms with E-state index in [-0.39, 0.29) is 23.6 Å². The first-order valence-corrected chi connectivity index (χ1v) is 7.75. The van der Waals surface area contributed by atoms with Crippen molar-refractivity contribution in [1.82, 2.24) is 4.90 Å². The molecule has 23 heavy (non-hydrogen) atoms. The lowest BCUT2D eigenvalue weighted by Crippen LogP contribution is -2.32. The van der Waals surface area contributed by atoms with Crippen LogP contribution in [0, 0.1) is 11.6 Å². The second kappa shape index (κ2) is 5.42. The van der Waals surface area contributed by atoms with Crippen LogP contribution >= 0.6 is 0 Å². The van der Waals surface area contributed by atoms with Crippen LogP contribution in [0.5, 0.6) is 0 Å². The van der Waals surface area contributed by atoms with E-state index in [0.717, 1.165) is 19.4 Å². The summed E-state index contributed by atoms with van der Waals surface area (Å²) in [7, 11) is 0. The molecule has 1 amide bonds. The lowest BCUT2D eigenvalue weighted by atomic mass is 10.1. The molecule has 5 heteroatoms. The predicted molar refractivity (Wildman–Crippen MR) is 82.8 cm³/mol. The van der Waals surface area contributed by atoms with Crippen molar-refractivity contribution in [3.63, 3.8) is 0 Å². The second-order valence-corrected chi connectivity index (χ2v) is 5.98. The molecule has 2 saturated heterocycles. The first-order chi connectivity index (χ1) is 11.2. The molecule has 0 unspecified atom stereocenters. The van der Waals surface area contributed by atoms with Crippen molar-refractivity contribution in [2.24, 2.45) is 0 Å². The number of halogens is 2. The summed E-state index contributed by atoms with van der Waals surface area (Å²) in [5.74, 6) is -0.726. The van der Waals surface area contributed by atoms with Gasteiger partial charge in [0.25, 0.3) is 0 Å². The van der Waals surface area contributed by atoms with E-state index in [0.29, 0.717) is 11.3 Å². The van der Waals surface area contributed by atoms with Gasteiger partial charge in [-0.15, -0.1) is 0 Å². The molecule has 0 saturated carbocycles. The monoisotopic (exact) mass is 314 g/mol. The Morgan fingerprint density at radius 1 is 1.00 bits per heavy atom. The third kappa shape index (κ3) is 2.23. The first-order valence-electron chi connectivity index (χ1n) is 7.75. The molecule has 2 aromatic carbocycles. The summed E-state index contributed by atoms with van der Waals surface area (Å²) in [6.45, 7) is 0.757. The van der Waals surface area contributed by atoms with Gasteiger partial charge < -0.3 is 0 Å². The summed E-state index contributed by atoms with van der Waals surface area (Å²) >= 11 is 0. The number of carbonyl (C=O) groups is 1. The van der Waals surface area contributed by atoms with E-state index in [1.165, 1.54) is 18.2 Å². The minimum absolute atomic E-state index is 0.0395. The van der Waals surface area contributed by atoms with Gasteiger partial charge in [-0.3, -0.25) is 14.6 Å². The topological polar surface area (TPSA) is 23.6 Å². The highest BCUT2D eigenvalue weighted by molar-refractivity contribution is 6.00. The van der Waals surface area contributed by atoms with Crippen LogP contribution in [0.1, 0.15) is 24.6 Å².